The number of nitrogen functional groups attached to an aromatic ring is 1. The molecule has 0 atom stereocenters. The van der Waals surface area contributed by atoms with E-state index in [2.05, 4.69) is 20.4 Å². The van der Waals surface area contributed by atoms with Crippen LogP contribution in [0, 0.1) is 18.7 Å². The normalized spacial score (nSPS) is 11.2. The molecule has 0 spiro atoms. The molecule has 2 heterocycles. The van der Waals surface area contributed by atoms with Crippen molar-refractivity contribution in [3.05, 3.63) is 50.4 Å². The summed E-state index contributed by atoms with van der Waals surface area (Å²) in [6.45, 7) is 7.60. The third kappa shape index (κ3) is 5.38. The molecule has 3 aromatic rings. The van der Waals surface area contributed by atoms with Gasteiger partial charge in [0.25, 0.3) is 11.5 Å². The van der Waals surface area contributed by atoms with Gasteiger partial charge in [-0.05, 0) is 48.2 Å². The largest absolute Gasteiger partial charge is 0.383 e. The molecule has 0 aliphatic carbocycles. The molecule has 0 bridgehead atoms. The summed E-state index contributed by atoms with van der Waals surface area (Å²) >= 11 is 0. The fraction of sp³-hybridized carbons (Fsp3) is 0.455. The van der Waals surface area contributed by atoms with Crippen molar-refractivity contribution in [1.29, 1.82) is 0 Å². The van der Waals surface area contributed by atoms with Gasteiger partial charge in [-0.1, -0.05) is 27.2 Å². The molecule has 12 heteroatoms. The Labute approximate surface area is 195 Å². The van der Waals surface area contributed by atoms with Crippen LogP contribution in [0.15, 0.2) is 27.8 Å². The summed E-state index contributed by atoms with van der Waals surface area (Å²) in [7, 11) is 0. The molecule has 3 N–H and O–H groups in total. The molecule has 2 aromatic heterocycles. The van der Waals surface area contributed by atoms with Gasteiger partial charge >= 0.3 is 5.69 Å². The summed E-state index contributed by atoms with van der Waals surface area (Å²) in [4.78, 5) is 42.8. The molecule has 0 aliphatic rings. The van der Waals surface area contributed by atoms with Crippen LogP contribution in [0.25, 0.3) is 11.4 Å². The van der Waals surface area contributed by atoms with Gasteiger partial charge in [0.1, 0.15) is 18.2 Å². The van der Waals surface area contributed by atoms with Gasteiger partial charge in [0, 0.05) is 18.7 Å². The number of carbonyl (C=O) groups is 1. The smallest absolute Gasteiger partial charge is 0.330 e. The van der Waals surface area contributed by atoms with Crippen molar-refractivity contribution >= 4 is 17.4 Å². The molecule has 1 amide bonds. The zero-order chi connectivity index (χ0) is 25.0. The predicted octanol–water partition coefficient (Wildman–Crippen LogP) is 1.71. The highest BCUT2D eigenvalue weighted by molar-refractivity contribution is 5.95. The molecule has 0 fully saturated rings. The first-order chi connectivity index (χ1) is 16.1. The van der Waals surface area contributed by atoms with Crippen LogP contribution in [0.4, 0.5) is 15.9 Å². The average Bonchev–Trinajstić information content (AvgIpc) is 3.23. The number of aromatic amines is 1. The highest BCUT2D eigenvalue weighted by Gasteiger charge is 2.25. The van der Waals surface area contributed by atoms with Crippen LogP contribution >= 0.6 is 0 Å². The molecule has 0 saturated heterocycles. The summed E-state index contributed by atoms with van der Waals surface area (Å²) in [6, 6.07) is 4.42. The number of unbranched alkanes of at least 4 members (excludes halogenated alkanes) is 1. The van der Waals surface area contributed by atoms with Gasteiger partial charge in [-0.3, -0.25) is 19.1 Å². The fourth-order valence-corrected chi connectivity index (χ4v) is 3.48. The lowest BCUT2D eigenvalue weighted by Crippen LogP contribution is -2.43. The minimum absolute atomic E-state index is 0.0686. The predicted molar refractivity (Wildman–Crippen MR) is 126 cm³/mol. The van der Waals surface area contributed by atoms with E-state index in [-0.39, 0.29) is 48.7 Å². The number of nitrogens with two attached hydrogens (primary N) is 1. The maximum atomic E-state index is 13.6. The Balaban J connectivity index is 1.93. The maximum Gasteiger partial charge on any atom is 0.330 e. The number of aryl methyl sites for hydroxylation is 1. The van der Waals surface area contributed by atoms with Crippen molar-refractivity contribution < 1.29 is 9.18 Å². The standard InChI is InChI=1S/C22H29FN8O3/c1-5-6-9-29(18-19(24)30(11-13(2)3)22(34)25-21(18)33)17(32)12-31-27-20(26-28-31)15-7-8-16(23)14(4)10-15/h7-8,10,13H,5-6,9,11-12,24H2,1-4H3,(H,25,33,34). The molecule has 182 valence electrons. The first-order valence-electron chi connectivity index (χ1n) is 11.1. The highest BCUT2D eigenvalue weighted by Crippen LogP contribution is 2.20. The number of amides is 1. The van der Waals surface area contributed by atoms with Crippen LogP contribution < -0.4 is 21.9 Å². The summed E-state index contributed by atoms with van der Waals surface area (Å²) in [6.07, 6.45) is 1.38. The van der Waals surface area contributed by atoms with E-state index in [0.717, 1.165) is 11.2 Å². The lowest BCUT2D eigenvalue weighted by atomic mass is 10.1. The Hall–Kier alpha value is -3.83. The zero-order valence-corrected chi connectivity index (χ0v) is 19.7. The molecule has 0 aliphatic heterocycles. The summed E-state index contributed by atoms with van der Waals surface area (Å²) in [5.74, 6) is -0.578. The topological polar surface area (TPSA) is 145 Å². The quantitative estimate of drug-likeness (QED) is 0.482. The van der Waals surface area contributed by atoms with Crippen molar-refractivity contribution in [2.24, 2.45) is 5.92 Å². The molecule has 3 rings (SSSR count). The van der Waals surface area contributed by atoms with Crippen molar-refractivity contribution in [2.75, 3.05) is 17.2 Å². The number of halogens is 1. The average molecular weight is 473 g/mol. The fourth-order valence-electron chi connectivity index (χ4n) is 3.48. The number of hydrogen-bond donors (Lipinski definition) is 2. The molecule has 0 radical (unpaired) electrons. The third-order valence-corrected chi connectivity index (χ3v) is 5.21. The van der Waals surface area contributed by atoms with Crippen LogP contribution in [0.3, 0.4) is 0 Å². The van der Waals surface area contributed by atoms with Crippen LogP contribution in [0.2, 0.25) is 0 Å². The monoisotopic (exact) mass is 472 g/mol. The molecular formula is C22H29FN8O3. The number of aromatic nitrogens is 6. The van der Waals surface area contributed by atoms with E-state index in [1.54, 1.807) is 13.0 Å². The second-order valence-corrected chi connectivity index (χ2v) is 8.50. The van der Waals surface area contributed by atoms with Gasteiger partial charge in [0.2, 0.25) is 5.82 Å². The van der Waals surface area contributed by atoms with Gasteiger partial charge in [0.15, 0.2) is 5.69 Å². The van der Waals surface area contributed by atoms with Crippen molar-refractivity contribution in [1.82, 2.24) is 29.8 Å². The maximum absolute atomic E-state index is 13.6. The molecule has 1 aromatic carbocycles. The molecule has 34 heavy (non-hydrogen) atoms. The van der Waals surface area contributed by atoms with Crippen LogP contribution in [-0.2, 0) is 17.9 Å². The van der Waals surface area contributed by atoms with Gasteiger partial charge in [-0.15, -0.1) is 10.2 Å². The molecule has 11 nitrogen and oxygen atoms in total. The van der Waals surface area contributed by atoms with Gasteiger partial charge in [-0.25, -0.2) is 9.18 Å². The van der Waals surface area contributed by atoms with Gasteiger partial charge in [0.05, 0.1) is 0 Å². The number of rotatable bonds is 9. The number of anilines is 2. The van der Waals surface area contributed by atoms with Crippen LogP contribution in [-0.4, -0.2) is 42.2 Å². The minimum atomic E-state index is -0.735. The van der Waals surface area contributed by atoms with Gasteiger partial charge in [-0.2, -0.15) is 4.80 Å². The SMILES string of the molecule is CCCCN(C(=O)Cn1nnc(-c2ccc(F)c(C)c2)n1)c1c(N)n(CC(C)C)c(=O)[nH]c1=O. The van der Waals surface area contributed by atoms with Crippen LogP contribution in [0.1, 0.15) is 39.2 Å². The first-order valence-corrected chi connectivity index (χ1v) is 11.1. The third-order valence-electron chi connectivity index (χ3n) is 5.21. The Morgan fingerprint density at radius 2 is 2.03 bits per heavy atom. The summed E-state index contributed by atoms with van der Waals surface area (Å²) < 4.78 is 14.8. The Bertz CT molecular complexity index is 1290. The number of nitrogens with one attached hydrogen (secondary N) is 1. The second-order valence-electron chi connectivity index (χ2n) is 8.50. The Morgan fingerprint density at radius 1 is 1.29 bits per heavy atom. The lowest BCUT2D eigenvalue weighted by Gasteiger charge is -2.24. The highest BCUT2D eigenvalue weighted by atomic mass is 19.1. The molecule has 0 saturated carbocycles. The van der Waals surface area contributed by atoms with E-state index in [1.807, 2.05) is 20.8 Å². The lowest BCUT2D eigenvalue weighted by molar-refractivity contribution is -0.119. The van der Waals surface area contributed by atoms with E-state index >= 15 is 0 Å². The van der Waals surface area contributed by atoms with Crippen LogP contribution in [0.5, 0.6) is 0 Å². The van der Waals surface area contributed by atoms with Crippen molar-refractivity contribution in [3.8, 4) is 11.4 Å². The molecule has 0 unspecified atom stereocenters. The number of benzene rings is 1. The second kappa shape index (κ2) is 10.4. The van der Waals surface area contributed by atoms with E-state index in [4.69, 9.17) is 5.73 Å². The first kappa shape index (κ1) is 24.8. The van der Waals surface area contributed by atoms with E-state index in [1.165, 1.54) is 21.6 Å². The van der Waals surface area contributed by atoms with Crippen molar-refractivity contribution in [2.45, 2.75) is 53.6 Å². The number of tetrazole rings is 1. The number of hydrogen-bond acceptors (Lipinski definition) is 7. The summed E-state index contributed by atoms with van der Waals surface area (Å²) in [5, 5.41) is 12.1. The Morgan fingerprint density at radius 3 is 2.68 bits per heavy atom. The number of carbonyl (C=O) groups excluding carboxylic acids is 1. The van der Waals surface area contributed by atoms with E-state index in [9.17, 15) is 18.8 Å². The zero-order valence-electron chi connectivity index (χ0n) is 19.7. The Kier molecular flexibility index (Phi) is 7.59. The van der Waals surface area contributed by atoms with Crippen molar-refractivity contribution in [3.63, 3.8) is 0 Å². The van der Waals surface area contributed by atoms with Gasteiger partial charge < -0.3 is 10.6 Å². The number of nitrogens with zero attached hydrogens (tertiary/aromatic N) is 6. The van der Waals surface area contributed by atoms with E-state index in [0.29, 0.717) is 17.5 Å². The molecular weight excluding hydrogens is 443 g/mol. The number of H-pyrrole nitrogens is 1. The minimum Gasteiger partial charge on any atom is -0.383 e. The van der Waals surface area contributed by atoms with E-state index < -0.39 is 17.2 Å². The summed E-state index contributed by atoms with van der Waals surface area (Å²) in [5.41, 5.74) is 5.77.